The van der Waals surface area contributed by atoms with Gasteiger partial charge in [0.05, 0.1) is 0 Å². The van der Waals surface area contributed by atoms with Crippen LogP contribution in [0.2, 0.25) is 0 Å². The Bertz CT molecular complexity index is 506. The third-order valence-corrected chi connectivity index (χ3v) is 3.13. The Morgan fingerprint density at radius 2 is 1.77 bits per heavy atom. The number of nitrogens with one attached hydrogen (secondary N) is 2. The fraction of sp³-hybridized carbons (Fsp3) is 0.429. The van der Waals surface area contributed by atoms with E-state index in [0.717, 1.165) is 7.05 Å². The van der Waals surface area contributed by atoms with Crippen LogP contribution in [0.5, 0.6) is 0 Å². The minimum atomic E-state index is -4.47. The highest BCUT2D eigenvalue weighted by molar-refractivity contribution is 5.96. The third-order valence-electron chi connectivity index (χ3n) is 3.13. The van der Waals surface area contributed by atoms with Gasteiger partial charge >= 0.3 is 12.1 Å². The zero-order chi connectivity index (χ0) is 16.8. The van der Waals surface area contributed by atoms with Gasteiger partial charge in [-0.15, -0.1) is 0 Å². The van der Waals surface area contributed by atoms with E-state index in [-0.39, 0.29) is 12.0 Å². The molecule has 0 saturated carbocycles. The summed E-state index contributed by atoms with van der Waals surface area (Å²) in [6.07, 6.45) is -5.26. The van der Waals surface area contributed by atoms with E-state index in [9.17, 15) is 22.8 Å². The van der Waals surface area contributed by atoms with E-state index in [4.69, 9.17) is 5.11 Å². The maximum absolute atomic E-state index is 12.6. The lowest BCUT2D eigenvalue weighted by Crippen LogP contribution is -2.45. The maximum Gasteiger partial charge on any atom is 0.403 e. The van der Waals surface area contributed by atoms with E-state index in [2.05, 4.69) is 10.6 Å². The van der Waals surface area contributed by atoms with Gasteiger partial charge in [0, 0.05) is 5.56 Å². The van der Waals surface area contributed by atoms with Crippen molar-refractivity contribution in [2.45, 2.75) is 31.1 Å². The minimum Gasteiger partial charge on any atom is -0.480 e. The quantitative estimate of drug-likeness (QED) is 0.716. The van der Waals surface area contributed by atoms with Crippen LogP contribution in [0.3, 0.4) is 0 Å². The molecule has 1 amide bonds. The van der Waals surface area contributed by atoms with Crippen molar-refractivity contribution >= 4 is 11.9 Å². The molecule has 0 fully saturated rings. The average molecular weight is 318 g/mol. The molecule has 5 nitrogen and oxygen atoms in total. The van der Waals surface area contributed by atoms with E-state index >= 15 is 0 Å². The molecule has 0 aromatic heterocycles. The third kappa shape index (κ3) is 5.36. The van der Waals surface area contributed by atoms with Crippen molar-refractivity contribution < 1.29 is 27.9 Å². The van der Waals surface area contributed by atoms with Crippen LogP contribution in [0.15, 0.2) is 30.3 Å². The topological polar surface area (TPSA) is 78.4 Å². The van der Waals surface area contributed by atoms with E-state index in [1.807, 2.05) is 0 Å². The zero-order valence-electron chi connectivity index (χ0n) is 11.9. The largest absolute Gasteiger partial charge is 0.480 e. The molecule has 0 bridgehead atoms. The molecule has 8 heteroatoms. The average Bonchev–Trinajstić information content (AvgIpc) is 2.45. The number of carbonyl (C=O) groups excluding carboxylic acids is 1. The maximum atomic E-state index is 12.6. The SMILES string of the molecule is CN[C@H](CC[C@@H](NC(=O)c1ccccc1)C(=O)O)C(F)(F)F. The van der Waals surface area contributed by atoms with Crippen molar-refractivity contribution in [2.24, 2.45) is 0 Å². The molecule has 2 atom stereocenters. The summed E-state index contributed by atoms with van der Waals surface area (Å²) in [6, 6.07) is 4.66. The van der Waals surface area contributed by atoms with E-state index < -0.39 is 36.6 Å². The minimum absolute atomic E-state index is 0.245. The molecule has 0 aliphatic rings. The number of hydrogen-bond donors (Lipinski definition) is 3. The smallest absolute Gasteiger partial charge is 0.403 e. The Balaban J connectivity index is 2.67. The number of carboxylic acid groups (broad SMARTS) is 1. The molecule has 122 valence electrons. The van der Waals surface area contributed by atoms with Gasteiger partial charge in [-0.25, -0.2) is 4.79 Å². The van der Waals surface area contributed by atoms with Gasteiger partial charge in [-0.1, -0.05) is 18.2 Å². The molecule has 0 aliphatic carbocycles. The summed E-state index contributed by atoms with van der Waals surface area (Å²) in [7, 11) is 1.15. The van der Waals surface area contributed by atoms with Crippen molar-refractivity contribution in [1.82, 2.24) is 10.6 Å². The first-order chi connectivity index (χ1) is 10.3. The summed E-state index contributed by atoms with van der Waals surface area (Å²) in [4.78, 5) is 23.0. The fourth-order valence-electron chi connectivity index (χ4n) is 1.89. The second-order valence-electron chi connectivity index (χ2n) is 4.69. The van der Waals surface area contributed by atoms with Crippen molar-refractivity contribution in [3.8, 4) is 0 Å². The fourth-order valence-corrected chi connectivity index (χ4v) is 1.89. The molecule has 1 aromatic carbocycles. The van der Waals surface area contributed by atoms with Crippen molar-refractivity contribution in [1.29, 1.82) is 0 Å². The molecule has 0 heterocycles. The summed E-state index contributed by atoms with van der Waals surface area (Å²) < 4.78 is 37.8. The van der Waals surface area contributed by atoms with Crippen LogP contribution in [0.25, 0.3) is 0 Å². The number of amides is 1. The molecule has 0 unspecified atom stereocenters. The van der Waals surface area contributed by atoms with Gasteiger partial charge in [0.25, 0.3) is 5.91 Å². The molecule has 1 rings (SSSR count). The molecular weight excluding hydrogens is 301 g/mol. The van der Waals surface area contributed by atoms with Crippen LogP contribution < -0.4 is 10.6 Å². The zero-order valence-corrected chi connectivity index (χ0v) is 11.9. The predicted octanol–water partition coefficient (Wildman–Crippen LogP) is 1.80. The number of carbonyl (C=O) groups is 2. The Hall–Kier alpha value is -2.09. The van der Waals surface area contributed by atoms with Crippen molar-refractivity contribution in [3.63, 3.8) is 0 Å². The van der Waals surface area contributed by atoms with Crippen LogP contribution in [-0.2, 0) is 4.79 Å². The summed E-state index contributed by atoms with van der Waals surface area (Å²) in [5.74, 6) is -2.01. The highest BCUT2D eigenvalue weighted by atomic mass is 19.4. The second kappa shape index (κ2) is 7.79. The first-order valence-corrected chi connectivity index (χ1v) is 6.58. The van der Waals surface area contributed by atoms with Gasteiger partial charge in [0.15, 0.2) is 0 Å². The normalized spacial score (nSPS) is 14.2. The van der Waals surface area contributed by atoms with Gasteiger partial charge in [-0.3, -0.25) is 4.79 Å². The standard InChI is InChI=1S/C14H17F3N2O3/c1-18-11(14(15,16)17)8-7-10(13(21)22)19-12(20)9-5-3-2-4-6-9/h2-6,10-11,18H,7-8H2,1H3,(H,19,20)(H,21,22)/t10-,11-/m1/s1. The molecule has 1 aromatic rings. The van der Waals surface area contributed by atoms with Crippen LogP contribution in [0.4, 0.5) is 13.2 Å². The van der Waals surface area contributed by atoms with E-state index in [0.29, 0.717) is 0 Å². The number of benzene rings is 1. The molecule has 3 N–H and O–H groups in total. The first-order valence-electron chi connectivity index (χ1n) is 6.58. The van der Waals surface area contributed by atoms with Gasteiger partial charge in [-0.2, -0.15) is 13.2 Å². The summed E-state index contributed by atoms with van der Waals surface area (Å²) in [6.45, 7) is 0. The van der Waals surface area contributed by atoms with Crippen molar-refractivity contribution in [3.05, 3.63) is 35.9 Å². The molecular formula is C14H17F3N2O3. The van der Waals surface area contributed by atoms with Crippen LogP contribution in [0, 0.1) is 0 Å². The molecule has 0 aliphatic heterocycles. The number of halogens is 3. The number of hydrogen-bond acceptors (Lipinski definition) is 3. The molecule has 0 radical (unpaired) electrons. The lowest BCUT2D eigenvalue weighted by molar-refractivity contribution is -0.157. The number of aliphatic carboxylic acids is 1. The van der Waals surface area contributed by atoms with Gasteiger partial charge in [0.1, 0.15) is 12.1 Å². The van der Waals surface area contributed by atoms with Gasteiger partial charge < -0.3 is 15.7 Å². The van der Waals surface area contributed by atoms with Gasteiger partial charge in [-0.05, 0) is 32.0 Å². The highest BCUT2D eigenvalue weighted by Crippen LogP contribution is 2.23. The Labute approximate surface area is 125 Å². The predicted molar refractivity (Wildman–Crippen MR) is 73.5 cm³/mol. The Morgan fingerprint density at radius 3 is 2.23 bits per heavy atom. The Morgan fingerprint density at radius 1 is 1.18 bits per heavy atom. The van der Waals surface area contributed by atoms with Crippen molar-refractivity contribution in [2.75, 3.05) is 7.05 Å². The van der Waals surface area contributed by atoms with Crippen LogP contribution in [-0.4, -0.2) is 42.3 Å². The van der Waals surface area contributed by atoms with Crippen LogP contribution >= 0.6 is 0 Å². The summed E-state index contributed by atoms with van der Waals surface area (Å²) in [5.41, 5.74) is 0.245. The van der Waals surface area contributed by atoms with Gasteiger partial charge in [0.2, 0.25) is 0 Å². The highest BCUT2D eigenvalue weighted by Gasteiger charge is 2.39. The number of alkyl halides is 3. The molecule has 22 heavy (non-hydrogen) atoms. The van der Waals surface area contributed by atoms with Crippen LogP contribution in [0.1, 0.15) is 23.2 Å². The second-order valence-corrected chi connectivity index (χ2v) is 4.69. The first kappa shape index (κ1) is 18.0. The molecule has 0 spiro atoms. The van der Waals surface area contributed by atoms with E-state index in [1.165, 1.54) is 12.1 Å². The lowest BCUT2D eigenvalue weighted by Gasteiger charge is -2.21. The van der Waals surface area contributed by atoms with E-state index in [1.54, 1.807) is 18.2 Å². The number of rotatable bonds is 7. The number of carboxylic acids is 1. The lowest BCUT2D eigenvalue weighted by atomic mass is 10.1. The monoisotopic (exact) mass is 318 g/mol. The molecule has 0 saturated heterocycles. The summed E-state index contributed by atoms with van der Waals surface area (Å²) in [5, 5.41) is 13.4. The Kier molecular flexibility index (Phi) is 6.36. The summed E-state index contributed by atoms with van der Waals surface area (Å²) >= 11 is 0.